The molecule has 3 rings (SSSR count). The van der Waals surface area contributed by atoms with Gasteiger partial charge in [-0.15, -0.1) is 11.8 Å². The van der Waals surface area contributed by atoms with E-state index in [2.05, 4.69) is 5.32 Å². The molecule has 1 N–H and O–H groups in total. The number of benzene rings is 2. The average molecular weight is 389 g/mol. The van der Waals surface area contributed by atoms with Crippen molar-refractivity contribution >= 4 is 52.5 Å². The fourth-order valence-corrected chi connectivity index (χ4v) is 3.67. The summed E-state index contributed by atoms with van der Waals surface area (Å²) in [5.74, 6) is -0.672. The van der Waals surface area contributed by atoms with Gasteiger partial charge in [0.05, 0.1) is 16.7 Å². The van der Waals surface area contributed by atoms with Crippen LogP contribution in [0.4, 0.5) is 11.4 Å². The lowest BCUT2D eigenvalue weighted by Gasteiger charge is -2.15. The minimum atomic E-state index is -0.554. The molecule has 5 nitrogen and oxygen atoms in total. The predicted octanol–water partition coefficient (Wildman–Crippen LogP) is 3.65. The zero-order chi connectivity index (χ0) is 18.7. The molecule has 1 heterocycles. The summed E-state index contributed by atoms with van der Waals surface area (Å²) in [5.41, 5.74) is 2.31. The molecule has 1 atom stereocenters. The van der Waals surface area contributed by atoms with Gasteiger partial charge in [0.15, 0.2) is 0 Å². The van der Waals surface area contributed by atoms with Crippen LogP contribution in [0.1, 0.15) is 12.0 Å². The van der Waals surface area contributed by atoms with Gasteiger partial charge < -0.3 is 5.32 Å². The molecule has 7 heteroatoms. The van der Waals surface area contributed by atoms with Crippen molar-refractivity contribution in [2.75, 3.05) is 16.0 Å². The van der Waals surface area contributed by atoms with Gasteiger partial charge in [-0.25, -0.2) is 4.90 Å². The molecule has 1 aliphatic rings. The Labute approximate surface area is 160 Å². The van der Waals surface area contributed by atoms with Crippen LogP contribution in [0.5, 0.6) is 0 Å². The van der Waals surface area contributed by atoms with Crippen LogP contribution >= 0.6 is 23.4 Å². The van der Waals surface area contributed by atoms with Crippen molar-refractivity contribution in [3.05, 3.63) is 59.1 Å². The molecule has 26 heavy (non-hydrogen) atoms. The van der Waals surface area contributed by atoms with Gasteiger partial charge >= 0.3 is 0 Å². The molecular formula is C19H17ClN2O3S. The minimum Gasteiger partial charge on any atom is -0.325 e. The first-order valence-electron chi connectivity index (χ1n) is 8.04. The van der Waals surface area contributed by atoms with E-state index in [0.717, 1.165) is 10.5 Å². The number of nitrogens with one attached hydrogen (secondary N) is 1. The van der Waals surface area contributed by atoms with Crippen LogP contribution in [0.25, 0.3) is 0 Å². The van der Waals surface area contributed by atoms with Crippen LogP contribution in [0.15, 0.2) is 48.5 Å². The van der Waals surface area contributed by atoms with E-state index in [1.54, 1.807) is 24.3 Å². The summed E-state index contributed by atoms with van der Waals surface area (Å²) >= 11 is 7.02. The number of anilines is 2. The van der Waals surface area contributed by atoms with Gasteiger partial charge in [-0.05, 0) is 43.3 Å². The highest BCUT2D eigenvalue weighted by Gasteiger charge is 2.40. The maximum atomic E-state index is 12.5. The SMILES string of the molecule is Cc1ccc(NC(=O)CS[C@@H]2CC(=O)N(c3ccc(Cl)cc3)C2=O)cc1. The third-order valence-corrected chi connectivity index (χ3v) is 5.39. The summed E-state index contributed by atoms with van der Waals surface area (Å²) in [7, 11) is 0. The second kappa shape index (κ2) is 7.93. The van der Waals surface area contributed by atoms with Crippen molar-refractivity contribution in [2.45, 2.75) is 18.6 Å². The second-order valence-electron chi connectivity index (χ2n) is 5.96. The van der Waals surface area contributed by atoms with E-state index in [1.807, 2.05) is 31.2 Å². The molecule has 1 fully saturated rings. The number of amides is 3. The molecule has 2 aromatic rings. The summed E-state index contributed by atoms with van der Waals surface area (Å²) in [5, 5.41) is 2.76. The number of halogens is 1. The maximum Gasteiger partial charge on any atom is 0.247 e. The van der Waals surface area contributed by atoms with E-state index in [9.17, 15) is 14.4 Å². The van der Waals surface area contributed by atoms with Crippen LogP contribution in [0, 0.1) is 6.92 Å². The summed E-state index contributed by atoms with van der Waals surface area (Å²) < 4.78 is 0. The van der Waals surface area contributed by atoms with E-state index >= 15 is 0 Å². The fourth-order valence-electron chi connectivity index (χ4n) is 2.61. The monoisotopic (exact) mass is 388 g/mol. The van der Waals surface area contributed by atoms with E-state index in [1.165, 1.54) is 11.8 Å². The summed E-state index contributed by atoms with van der Waals surface area (Å²) in [6, 6.07) is 14.0. The third kappa shape index (κ3) is 4.26. The molecule has 0 bridgehead atoms. The Morgan fingerprint density at radius 3 is 2.46 bits per heavy atom. The number of imide groups is 1. The summed E-state index contributed by atoms with van der Waals surface area (Å²) in [6.45, 7) is 1.97. The molecule has 0 saturated carbocycles. The molecule has 2 aromatic carbocycles. The molecule has 0 aliphatic carbocycles. The largest absolute Gasteiger partial charge is 0.325 e. The number of hydrogen-bond donors (Lipinski definition) is 1. The molecule has 0 radical (unpaired) electrons. The Bertz CT molecular complexity index is 837. The molecular weight excluding hydrogens is 372 g/mol. The van der Waals surface area contributed by atoms with Crippen LogP contribution in [-0.4, -0.2) is 28.7 Å². The number of hydrogen-bond acceptors (Lipinski definition) is 4. The van der Waals surface area contributed by atoms with Gasteiger partial charge in [-0.3, -0.25) is 14.4 Å². The van der Waals surface area contributed by atoms with Crippen molar-refractivity contribution in [3.8, 4) is 0 Å². The van der Waals surface area contributed by atoms with Crippen molar-refractivity contribution in [1.82, 2.24) is 0 Å². The Balaban J connectivity index is 1.57. The van der Waals surface area contributed by atoms with Crippen molar-refractivity contribution < 1.29 is 14.4 Å². The van der Waals surface area contributed by atoms with Crippen molar-refractivity contribution in [3.63, 3.8) is 0 Å². The van der Waals surface area contributed by atoms with Gasteiger partial charge in [0.25, 0.3) is 0 Å². The molecule has 1 saturated heterocycles. The lowest BCUT2D eigenvalue weighted by Crippen LogP contribution is -2.31. The van der Waals surface area contributed by atoms with Crippen molar-refractivity contribution in [1.29, 1.82) is 0 Å². The summed E-state index contributed by atoms with van der Waals surface area (Å²) in [6.07, 6.45) is 0.0872. The highest BCUT2D eigenvalue weighted by Crippen LogP contribution is 2.30. The van der Waals surface area contributed by atoms with E-state index < -0.39 is 5.25 Å². The predicted molar refractivity (Wildman–Crippen MR) is 105 cm³/mol. The molecule has 134 valence electrons. The van der Waals surface area contributed by atoms with E-state index in [4.69, 9.17) is 11.6 Å². The van der Waals surface area contributed by atoms with Crippen LogP contribution in [-0.2, 0) is 14.4 Å². The lowest BCUT2D eigenvalue weighted by molar-refractivity contribution is -0.121. The first-order valence-corrected chi connectivity index (χ1v) is 9.47. The summed E-state index contributed by atoms with van der Waals surface area (Å²) in [4.78, 5) is 38.0. The van der Waals surface area contributed by atoms with E-state index in [0.29, 0.717) is 16.4 Å². The molecule has 0 unspecified atom stereocenters. The normalized spacial score (nSPS) is 16.8. The Morgan fingerprint density at radius 2 is 1.81 bits per heavy atom. The standard InChI is InChI=1S/C19H17ClN2O3S/c1-12-2-6-14(7-3-12)21-17(23)11-26-16-10-18(24)22(19(16)25)15-8-4-13(20)5-9-15/h2-9,16H,10-11H2,1H3,(H,21,23)/t16-/m1/s1. The van der Waals surface area contributed by atoms with Gasteiger partial charge in [-0.1, -0.05) is 29.3 Å². The first-order chi connectivity index (χ1) is 12.4. The van der Waals surface area contributed by atoms with Crippen LogP contribution < -0.4 is 10.2 Å². The number of aryl methyl sites for hydroxylation is 1. The highest BCUT2D eigenvalue weighted by atomic mass is 35.5. The van der Waals surface area contributed by atoms with Crippen molar-refractivity contribution in [2.24, 2.45) is 0 Å². The topological polar surface area (TPSA) is 66.5 Å². The number of nitrogens with zero attached hydrogens (tertiary/aromatic N) is 1. The van der Waals surface area contributed by atoms with Crippen LogP contribution in [0.3, 0.4) is 0 Å². The molecule has 0 spiro atoms. The number of carbonyl (C=O) groups is 3. The quantitative estimate of drug-likeness (QED) is 0.794. The molecule has 1 aliphatic heterocycles. The Kier molecular flexibility index (Phi) is 5.64. The maximum absolute atomic E-state index is 12.5. The zero-order valence-electron chi connectivity index (χ0n) is 14.1. The number of carbonyl (C=O) groups excluding carboxylic acids is 3. The smallest absolute Gasteiger partial charge is 0.247 e. The Hall–Kier alpha value is -2.31. The molecule has 0 aromatic heterocycles. The van der Waals surface area contributed by atoms with E-state index in [-0.39, 0.29) is 29.9 Å². The van der Waals surface area contributed by atoms with Gasteiger partial charge in [-0.2, -0.15) is 0 Å². The average Bonchev–Trinajstić information content (AvgIpc) is 2.90. The van der Waals surface area contributed by atoms with Crippen LogP contribution in [0.2, 0.25) is 5.02 Å². The zero-order valence-corrected chi connectivity index (χ0v) is 15.6. The Morgan fingerprint density at radius 1 is 1.15 bits per heavy atom. The highest BCUT2D eigenvalue weighted by molar-refractivity contribution is 8.01. The minimum absolute atomic E-state index is 0.0872. The van der Waals surface area contributed by atoms with Gasteiger partial charge in [0.2, 0.25) is 17.7 Å². The third-order valence-electron chi connectivity index (χ3n) is 3.94. The second-order valence-corrected chi connectivity index (χ2v) is 7.59. The lowest BCUT2D eigenvalue weighted by atomic mass is 10.2. The molecule has 3 amide bonds. The number of rotatable bonds is 5. The van der Waals surface area contributed by atoms with Gasteiger partial charge in [0.1, 0.15) is 0 Å². The fraction of sp³-hybridized carbons (Fsp3) is 0.211. The first kappa shape index (κ1) is 18.5. The number of thioether (sulfide) groups is 1. The van der Waals surface area contributed by atoms with Gasteiger partial charge in [0, 0.05) is 17.1 Å².